The highest BCUT2D eigenvalue weighted by Crippen LogP contribution is 2.28. The minimum Gasteiger partial charge on any atom is -0.383 e. The number of nitrogens with zero attached hydrogens (tertiary/aromatic N) is 3. The Bertz CT molecular complexity index is 641. The fourth-order valence-electron chi connectivity index (χ4n) is 3.67. The van der Waals surface area contributed by atoms with Crippen molar-refractivity contribution in [2.75, 3.05) is 45.4 Å². The summed E-state index contributed by atoms with van der Waals surface area (Å²) in [5.41, 5.74) is 0.901. The summed E-state index contributed by atoms with van der Waals surface area (Å²) in [5, 5.41) is 4.43. The minimum atomic E-state index is 0.438. The molecule has 4 heterocycles. The Labute approximate surface area is 149 Å². The number of anilines is 1. The van der Waals surface area contributed by atoms with E-state index in [0.29, 0.717) is 12.1 Å². The number of ether oxygens (including phenoxy) is 2. The number of aromatic nitrogens is 3. The number of H-pyrrole nitrogens is 1. The molecular weight excluding hydrogens is 318 g/mol. The van der Waals surface area contributed by atoms with Gasteiger partial charge in [-0.2, -0.15) is 0 Å². The summed E-state index contributed by atoms with van der Waals surface area (Å²) in [6.45, 7) is 3.86. The molecule has 0 saturated carbocycles. The second kappa shape index (κ2) is 9.12. The summed E-state index contributed by atoms with van der Waals surface area (Å²) in [6.07, 6.45) is 8.50. The van der Waals surface area contributed by atoms with Crippen LogP contribution in [0.5, 0.6) is 0 Å². The maximum Gasteiger partial charge on any atom is 0.142 e. The van der Waals surface area contributed by atoms with Crippen LogP contribution in [0.25, 0.3) is 11.0 Å². The Kier molecular flexibility index (Phi) is 6.61. The molecule has 25 heavy (non-hydrogen) atoms. The van der Waals surface area contributed by atoms with Crippen LogP contribution in [-0.4, -0.2) is 67.6 Å². The number of hydrogen-bond donors (Lipinski definition) is 2. The van der Waals surface area contributed by atoms with E-state index in [1.165, 1.54) is 32.2 Å². The number of hydrogen-bond acceptors (Lipinski definition) is 6. The molecule has 2 fully saturated rings. The lowest BCUT2D eigenvalue weighted by Gasteiger charge is -2.25. The van der Waals surface area contributed by atoms with Gasteiger partial charge in [0.25, 0.3) is 0 Å². The molecule has 2 aliphatic heterocycles. The molecule has 2 aromatic rings. The highest BCUT2D eigenvalue weighted by Gasteiger charge is 2.27. The molecule has 0 spiro atoms. The number of nitrogens with one attached hydrogen (secondary N) is 2. The molecule has 0 amide bonds. The average molecular weight is 347 g/mol. The first-order valence-electron chi connectivity index (χ1n) is 9.09. The van der Waals surface area contributed by atoms with E-state index in [0.717, 1.165) is 36.6 Å². The quantitative estimate of drug-likeness (QED) is 0.861. The van der Waals surface area contributed by atoms with Gasteiger partial charge in [0, 0.05) is 33.0 Å². The van der Waals surface area contributed by atoms with Crippen LogP contribution in [0.1, 0.15) is 25.7 Å². The molecular formula is C18H29N5O2. The predicted molar refractivity (Wildman–Crippen MR) is 99.0 cm³/mol. The summed E-state index contributed by atoms with van der Waals surface area (Å²) in [6, 6.07) is 3.11. The van der Waals surface area contributed by atoms with E-state index in [2.05, 4.69) is 25.2 Å². The third-order valence-electron chi connectivity index (χ3n) is 4.87. The van der Waals surface area contributed by atoms with E-state index in [9.17, 15) is 0 Å². The van der Waals surface area contributed by atoms with Gasteiger partial charge in [-0.3, -0.25) is 0 Å². The Morgan fingerprint density at radius 1 is 1.16 bits per heavy atom. The van der Waals surface area contributed by atoms with Gasteiger partial charge in [-0.25, -0.2) is 9.97 Å². The van der Waals surface area contributed by atoms with Crippen LogP contribution in [0.2, 0.25) is 0 Å². The molecule has 2 aliphatic rings. The molecule has 2 unspecified atom stereocenters. The lowest BCUT2D eigenvalue weighted by Crippen LogP contribution is -2.33. The molecule has 0 radical (unpaired) electrons. The topological polar surface area (TPSA) is 75.3 Å². The number of fused-ring (bicyclic) bond motifs is 1. The van der Waals surface area contributed by atoms with Crippen LogP contribution in [0.15, 0.2) is 18.6 Å². The third kappa shape index (κ3) is 4.48. The van der Waals surface area contributed by atoms with Crippen molar-refractivity contribution in [1.29, 1.82) is 0 Å². The van der Waals surface area contributed by atoms with E-state index in [-0.39, 0.29) is 0 Å². The fraction of sp³-hybridized carbons (Fsp3) is 0.667. The first-order valence-corrected chi connectivity index (χ1v) is 9.09. The minimum absolute atomic E-state index is 0.438. The van der Waals surface area contributed by atoms with E-state index >= 15 is 0 Å². The lowest BCUT2D eigenvalue weighted by molar-refractivity contribution is 0.173. The molecule has 0 bridgehead atoms. The van der Waals surface area contributed by atoms with Crippen molar-refractivity contribution >= 4 is 16.9 Å². The number of rotatable bonds is 5. The Balaban J connectivity index is 0.000000192. The van der Waals surface area contributed by atoms with Gasteiger partial charge in [-0.15, -0.1) is 0 Å². The molecule has 7 heteroatoms. The fourth-order valence-corrected chi connectivity index (χ4v) is 3.67. The van der Waals surface area contributed by atoms with Crippen molar-refractivity contribution in [1.82, 2.24) is 20.3 Å². The normalized spacial score (nSPS) is 23.0. The maximum atomic E-state index is 5.28. The van der Waals surface area contributed by atoms with E-state index in [1.807, 2.05) is 12.3 Å². The zero-order valence-corrected chi connectivity index (χ0v) is 15.2. The first kappa shape index (κ1) is 18.1. The Hall–Kier alpha value is -1.70. The molecule has 2 aromatic heterocycles. The van der Waals surface area contributed by atoms with Gasteiger partial charge < -0.3 is 24.7 Å². The molecule has 2 saturated heterocycles. The second-order valence-corrected chi connectivity index (χ2v) is 6.63. The summed E-state index contributed by atoms with van der Waals surface area (Å²) in [5.74, 6) is 1.02. The van der Waals surface area contributed by atoms with Crippen molar-refractivity contribution in [3.8, 4) is 0 Å². The van der Waals surface area contributed by atoms with Gasteiger partial charge in [0.15, 0.2) is 0 Å². The molecule has 2 atom stereocenters. The second-order valence-electron chi connectivity index (χ2n) is 6.63. The van der Waals surface area contributed by atoms with Crippen LogP contribution in [0.4, 0.5) is 5.82 Å². The van der Waals surface area contributed by atoms with Crippen LogP contribution in [-0.2, 0) is 9.47 Å². The highest BCUT2D eigenvalue weighted by molar-refractivity contribution is 5.87. The van der Waals surface area contributed by atoms with E-state index in [4.69, 9.17) is 9.47 Å². The molecule has 138 valence electrons. The van der Waals surface area contributed by atoms with Crippen LogP contribution in [0, 0.1) is 0 Å². The highest BCUT2D eigenvalue weighted by atomic mass is 16.5. The van der Waals surface area contributed by atoms with Gasteiger partial charge >= 0.3 is 0 Å². The van der Waals surface area contributed by atoms with E-state index < -0.39 is 0 Å². The van der Waals surface area contributed by atoms with Gasteiger partial charge in [0.1, 0.15) is 17.8 Å². The Morgan fingerprint density at radius 3 is 2.80 bits per heavy atom. The average Bonchev–Trinajstić information content (AvgIpc) is 3.37. The van der Waals surface area contributed by atoms with Crippen molar-refractivity contribution in [2.24, 2.45) is 0 Å². The van der Waals surface area contributed by atoms with E-state index in [1.54, 1.807) is 20.5 Å². The van der Waals surface area contributed by atoms with Gasteiger partial charge in [0.2, 0.25) is 0 Å². The van der Waals surface area contributed by atoms with Crippen molar-refractivity contribution in [3.05, 3.63) is 18.6 Å². The van der Waals surface area contributed by atoms with Crippen LogP contribution in [0.3, 0.4) is 0 Å². The van der Waals surface area contributed by atoms with Crippen molar-refractivity contribution in [3.63, 3.8) is 0 Å². The van der Waals surface area contributed by atoms with Crippen LogP contribution < -0.4 is 10.2 Å². The molecule has 0 aromatic carbocycles. The standard InChI is InChI=1S/C12H16N4O.C6H13NO/c1-17-7-9-3-2-6-16(9)12-10-4-5-13-11(10)14-8-15-12;1-8-5-6-3-2-4-7-6/h4-5,8-9H,2-3,6-7H2,1H3,(H,13,14,15);6-7H,2-5H2,1H3. The Morgan fingerprint density at radius 2 is 2.04 bits per heavy atom. The molecule has 0 aliphatic carbocycles. The molecule has 2 N–H and O–H groups in total. The predicted octanol–water partition coefficient (Wildman–Crippen LogP) is 1.96. The summed E-state index contributed by atoms with van der Waals surface area (Å²) in [7, 11) is 3.50. The monoisotopic (exact) mass is 347 g/mol. The van der Waals surface area contributed by atoms with Gasteiger partial charge in [-0.1, -0.05) is 0 Å². The summed E-state index contributed by atoms with van der Waals surface area (Å²) < 4.78 is 10.2. The number of methoxy groups -OCH3 is 2. The zero-order valence-electron chi connectivity index (χ0n) is 15.2. The maximum absolute atomic E-state index is 5.28. The van der Waals surface area contributed by atoms with Gasteiger partial charge in [0.05, 0.1) is 24.6 Å². The molecule has 7 nitrogen and oxygen atoms in total. The smallest absolute Gasteiger partial charge is 0.142 e. The third-order valence-corrected chi connectivity index (χ3v) is 4.87. The molecule has 4 rings (SSSR count). The SMILES string of the molecule is COCC1CCCN1.COCC1CCCN1c1ncnc2[nH]ccc12. The van der Waals surface area contributed by atoms with Crippen molar-refractivity contribution < 1.29 is 9.47 Å². The van der Waals surface area contributed by atoms with Crippen LogP contribution >= 0.6 is 0 Å². The lowest BCUT2D eigenvalue weighted by atomic mass is 10.2. The summed E-state index contributed by atoms with van der Waals surface area (Å²) >= 11 is 0. The largest absolute Gasteiger partial charge is 0.383 e. The first-order chi connectivity index (χ1) is 12.3. The zero-order chi connectivity index (χ0) is 17.5. The number of aromatic amines is 1. The summed E-state index contributed by atoms with van der Waals surface area (Å²) in [4.78, 5) is 14.1. The van der Waals surface area contributed by atoms with Gasteiger partial charge in [-0.05, 0) is 38.3 Å². The van der Waals surface area contributed by atoms with Crippen molar-refractivity contribution in [2.45, 2.75) is 37.8 Å².